The van der Waals surface area contributed by atoms with E-state index in [4.69, 9.17) is 0 Å². The van der Waals surface area contributed by atoms with E-state index in [-0.39, 0.29) is 11.9 Å². The van der Waals surface area contributed by atoms with E-state index < -0.39 is 5.41 Å². The smallest absolute Gasteiger partial charge is 0.220 e. The monoisotopic (exact) mass is 271 g/mol. The molecule has 0 bridgehead atoms. The van der Waals surface area contributed by atoms with Crippen molar-refractivity contribution in [3.8, 4) is 0 Å². The van der Waals surface area contributed by atoms with Gasteiger partial charge in [-0.05, 0) is 18.4 Å². The minimum atomic E-state index is -0.491. The number of allylic oxidation sites excluding steroid dienone is 1. The molecule has 1 aromatic rings. The molecule has 0 radical (unpaired) electrons. The fourth-order valence-electron chi connectivity index (χ4n) is 2.76. The van der Waals surface area contributed by atoms with Crippen LogP contribution in [-0.4, -0.2) is 23.1 Å². The number of nitrogens with zero attached hydrogens (tertiary/aromatic N) is 1. The molecule has 0 N–H and O–H groups in total. The van der Waals surface area contributed by atoms with Crippen LogP contribution in [0.25, 0.3) is 0 Å². The molecule has 0 aromatic heterocycles. The summed E-state index contributed by atoms with van der Waals surface area (Å²) in [5.41, 5.74) is 0.588. The highest BCUT2D eigenvalue weighted by molar-refractivity contribution is 5.75. The van der Waals surface area contributed by atoms with Crippen LogP contribution in [0.2, 0.25) is 0 Å². The van der Waals surface area contributed by atoms with Crippen molar-refractivity contribution in [3.05, 3.63) is 48.0 Å². The van der Waals surface area contributed by atoms with Gasteiger partial charge in [-0.25, -0.2) is 0 Å². The van der Waals surface area contributed by atoms with Gasteiger partial charge in [0, 0.05) is 18.9 Å². The third-order valence-corrected chi connectivity index (χ3v) is 4.05. The lowest BCUT2D eigenvalue weighted by atomic mass is 9.75. The summed E-state index contributed by atoms with van der Waals surface area (Å²) in [6.45, 7) is 4.04. The van der Waals surface area contributed by atoms with Crippen LogP contribution in [0.1, 0.15) is 32.3 Å². The number of hydrogen-bond donors (Lipinski definition) is 0. The third-order valence-electron chi connectivity index (χ3n) is 4.05. The van der Waals surface area contributed by atoms with Gasteiger partial charge in [0.1, 0.15) is 6.29 Å². The lowest BCUT2D eigenvalue weighted by molar-refractivity contribution is -0.135. The zero-order valence-corrected chi connectivity index (χ0v) is 12.1. The molecule has 0 fully saturated rings. The van der Waals surface area contributed by atoms with E-state index in [9.17, 15) is 9.59 Å². The van der Waals surface area contributed by atoms with E-state index in [0.29, 0.717) is 6.54 Å². The van der Waals surface area contributed by atoms with E-state index in [1.54, 1.807) is 11.8 Å². The number of rotatable bonds is 4. The molecular weight excluding hydrogens is 250 g/mol. The van der Waals surface area contributed by atoms with Crippen molar-refractivity contribution in [1.82, 2.24) is 4.90 Å². The second kappa shape index (κ2) is 6.04. The van der Waals surface area contributed by atoms with Gasteiger partial charge in [-0.2, -0.15) is 0 Å². The number of benzene rings is 1. The number of amides is 1. The van der Waals surface area contributed by atoms with Crippen LogP contribution in [0, 0.1) is 5.41 Å². The van der Waals surface area contributed by atoms with Gasteiger partial charge in [-0.1, -0.05) is 49.4 Å². The topological polar surface area (TPSA) is 37.4 Å². The van der Waals surface area contributed by atoms with Gasteiger partial charge >= 0.3 is 0 Å². The summed E-state index contributed by atoms with van der Waals surface area (Å²) < 4.78 is 0. The molecule has 1 amide bonds. The van der Waals surface area contributed by atoms with Crippen molar-refractivity contribution in [3.63, 3.8) is 0 Å². The second-order valence-corrected chi connectivity index (χ2v) is 5.67. The highest BCUT2D eigenvalue weighted by Gasteiger charge is 2.38. The van der Waals surface area contributed by atoms with Crippen molar-refractivity contribution in [2.45, 2.75) is 39.3 Å². The lowest BCUT2D eigenvalue weighted by Crippen LogP contribution is -2.49. The van der Waals surface area contributed by atoms with E-state index >= 15 is 0 Å². The molecule has 106 valence electrons. The summed E-state index contributed by atoms with van der Waals surface area (Å²) in [5.74, 6) is -0.00141. The zero-order chi connectivity index (χ0) is 14.6. The van der Waals surface area contributed by atoms with Gasteiger partial charge in [0.2, 0.25) is 5.91 Å². The molecule has 1 aliphatic rings. The molecular formula is C17H21NO2. The predicted molar refractivity (Wildman–Crippen MR) is 79.0 cm³/mol. The summed E-state index contributed by atoms with van der Waals surface area (Å²) in [4.78, 5) is 25.3. The van der Waals surface area contributed by atoms with Crippen molar-refractivity contribution >= 4 is 12.2 Å². The molecule has 1 aromatic carbocycles. The van der Waals surface area contributed by atoms with Crippen LogP contribution in [0.5, 0.6) is 0 Å². The first-order valence-corrected chi connectivity index (χ1v) is 7.01. The first-order valence-electron chi connectivity index (χ1n) is 7.01. The Hall–Kier alpha value is -1.90. The average Bonchev–Trinajstić information content (AvgIpc) is 2.46. The minimum Gasteiger partial charge on any atom is -0.331 e. The Morgan fingerprint density at radius 1 is 1.40 bits per heavy atom. The molecule has 0 heterocycles. The third kappa shape index (κ3) is 2.98. The van der Waals surface area contributed by atoms with Crippen molar-refractivity contribution in [2.24, 2.45) is 5.41 Å². The second-order valence-electron chi connectivity index (χ2n) is 5.67. The van der Waals surface area contributed by atoms with Crippen molar-refractivity contribution in [1.29, 1.82) is 0 Å². The molecule has 0 aliphatic heterocycles. The van der Waals surface area contributed by atoms with E-state index in [0.717, 1.165) is 24.7 Å². The zero-order valence-electron chi connectivity index (χ0n) is 12.1. The van der Waals surface area contributed by atoms with Crippen molar-refractivity contribution < 1.29 is 9.59 Å². The number of aldehydes is 1. The number of carbonyl (C=O) groups excluding carboxylic acids is 2. The van der Waals surface area contributed by atoms with Gasteiger partial charge in [-0.3, -0.25) is 4.79 Å². The predicted octanol–water partition coefficient (Wildman–Crippen LogP) is 2.96. The Bertz CT molecular complexity index is 509. The highest BCUT2D eigenvalue weighted by atomic mass is 16.2. The molecule has 3 heteroatoms. The molecule has 0 saturated heterocycles. The minimum absolute atomic E-state index is 0.00141. The Morgan fingerprint density at radius 2 is 2.10 bits per heavy atom. The summed E-state index contributed by atoms with van der Waals surface area (Å²) in [6.07, 6.45) is 6.75. The molecule has 3 nitrogen and oxygen atoms in total. The first-order chi connectivity index (χ1) is 9.57. The lowest BCUT2D eigenvalue weighted by Gasteiger charge is -2.41. The summed E-state index contributed by atoms with van der Waals surface area (Å²) >= 11 is 0. The Labute approximate surface area is 120 Å². The Balaban J connectivity index is 2.28. The summed E-state index contributed by atoms with van der Waals surface area (Å²) in [6, 6.07) is 9.72. The SMILES string of the molecule is CC(=O)N(Cc1ccccc1)[C@H]1C=CCC[C@@]1(C)C=O. The molecule has 2 atom stereocenters. The number of hydrogen-bond acceptors (Lipinski definition) is 2. The van der Waals surface area contributed by atoms with E-state index in [1.807, 2.05) is 43.3 Å². The van der Waals surface area contributed by atoms with Crippen LogP contribution in [0.4, 0.5) is 0 Å². The Morgan fingerprint density at radius 3 is 2.70 bits per heavy atom. The van der Waals surface area contributed by atoms with Crippen LogP contribution in [0.15, 0.2) is 42.5 Å². The van der Waals surface area contributed by atoms with Crippen LogP contribution in [0.3, 0.4) is 0 Å². The molecule has 1 aliphatic carbocycles. The molecule has 2 rings (SSSR count). The maximum absolute atomic E-state index is 12.0. The van der Waals surface area contributed by atoms with Crippen LogP contribution >= 0.6 is 0 Å². The highest BCUT2D eigenvalue weighted by Crippen LogP contribution is 2.34. The summed E-state index contributed by atoms with van der Waals surface area (Å²) in [5, 5.41) is 0. The van der Waals surface area contributed by atoms with E-state index in [1.165, 1.54) is 0 Å². The summed E-state index contributed by atoms with van der Waals surface area (Å²) in [7, 11) is 0. The van der Waals surface area contributed by atoms with Crippen LogP contribution < -0.4 is 0 Å². The first kappa shape index (κ1) is 14.5. The maximum Gasteiger partial charge on any atom is 0.220 e. The standard InChI is InChI=1S/C17H21NO2/c1-14(20)18(12-15-8-4-3-5-9-15)16-10-6-7-11-17(16,2)13-19/h3-6,8-10,13,16H,7,11-12H2,1-2H3/t16-,17-/m0/s1. The Kier molecular flexibility index (Phi) is 4.38. The molecule has 20 heavy (non-hydrogen) atoms. The fourth-order valence-corrected chi connectivity index (χ4v) is 2.76. The van der Waals surface area contributed by atoms with Gasteiger partial charge < -0.3 is 9.69 Å². The van der Waals surface area contributed by atoms with Gasteiger partial charge in [0.05, 0.1) is 6.04 Å². The van der Waals surface area contributed by atoms with Gasteiger partial charge in [0.15, 0.2) is 0 Å². The quantitative estimate of drug-likeness (QED) is 0.623. The van der Waals surface area contributed by atoms with Crippen molar-refractivity contribution in [2.75, 3.05) is 0 Å². The molecule has 0 unspecified atom stereocenters. The van der Waals surface area contributed by atoms with E-state index in [2.05, 4.69) is 6.08 Å². The fraction of sp³-hybridized carbons (Fsp3) is 0.412. The average molecular weight is 271 g/mol. The van der Waals surface area contributed by atoms with Gasteiger partial charge in [-0.15, -0.1) is 0 Å². The normalized spacial score (nSPS) is 25.2. The number of carbonyl (C=O) groups is 2. The maximum atomic E-state index is 12.0. The molecule has 0 saturated carbocycles. The largest absolute Gasteiger partial charge is 0.331 e. The molecule has 0 spiro atoms. The van der Waals surface area contributed by atoms with Crippen LogP contribution in [-0.2, 0) is 16.1 Å². The van der Waals surface area contributed by atoms with Gasteiger partial charge in [0.25, 0.3) is 0 Å².